The molecule has 0 fully saturated rings. The molecule has 0 amide bonds. The second kappa shape index (κ2) is 10.5. The molecular weight excluding hydrogens is 364 g/mol. The molecule has 0 radical (unpaired) electrons. The molecule has 0 saturated heterocycles. The SMILES string of the molecule is O=C(O)CN(CCN(C(O)c1ccccc1)C(O)c1ccccc1)CC(=O)O. The monoisotopic (exact) mass is 388 g/mol. The maximum Gasteiger partial charge on any atom is 0.317 e. The highest BCUT2D eigenvalue weighted by atomic mass is 16.4. The minimum absolute atomic E-state index is 0.0341. The highest BCUT2D eigenvalue weighted by molar-refractivity contribution is 5.72. The second-order valence-corrected chi connectivity index (χ2v) is 6.30. The predicted molar refractivity (Wildman–Crippen MR) is 101 cm³/mol. The summed E-state index contributed by atoms with van der Waals surface area (Å²) in [6.45, 7) is -0.828. The van der Waals surface area contributed by atoms with Crippen molar-refractivity contribution in [2.45, 2.75) is 12.5 Å². The third-order valence-corrected chi connectivity index (χ3v) is 4.22. The largest absolute Gasteiger partial charge is 0.480 e. The van der Waals surface area contributed by atoms with Crippen molar-refractivity contribution in [3.8, 4) is 0 Å². The minimum Gasteiger partial charge on any atom is -0.480 e. The van der Waals surface area contributed by atoms with E-state index in [2.05, 4.69) is 0 Å². The fourth-order valence-electron chi connectivity index (χ4n) is 2.87. The van der Waals surface area contributed by atoms with Crippen LogP contribution in [0.15, 0.2) is 60.7 Å². The lowest BCUT2D eigenvalue weighted by Gasteiger charge is -2.34. The number of carboxylic acid groups (broad SMARTS) is 2. The van der Waals surface area contributed by atoms with Gasteiger partial charge in [0.2, 0.25) is 0 Å². The van der Waals surface area contributed by atoms with Crippen LogP contribution in [0.3, 0.4) is 0 Å². The Balaban J connectivity index is 2.21. The van der Waals surface area contributed by atoms with Gasteiger partial charge < -0.3 is 20.4 Å². The molecule has 8 heteroatoms. The molecule has 0 saturated carbocycles. The van der Waals surface area contributed by atoms with Gasteiger partial charge in [0, 0.05) is 13.1 Å². The van der Waals surface area contributed by atoms with Crippen LogP contribution >= 0.6 is 0 Å². The summed E-state index contributed by atoms with van der Waals surface area (Å²) in [5.74, 6) is -2.31. The average molecular weight is 388 g/mol. The van der Waals surface area contributed by atoms with Gasteiger partial charge in [-0.15, -0.1) is 0 Å². The first kappa shape index (κ1) is 21.5. The number of hydrogen-bond acceptors (Lipinski definition) is 6. The van der Waals surface area contributed by atoms with Gasteiger partial charge in [0.15, 0.2) is 0 Å². The first-order valence-electron chi connectivity index (χ1n) is 8.76. The van der Waals surface area contributed by atoms with E-state index < -0.39 is 37.5 Å². The van der Waals surface area contributed by atoms with Crippen molar-refractivity contribution in [1.29, 1.82) is 0 Å². The van der Waals surface area contributed by atoms with Crippen LogP contribution in [0.1, 0.15) is 23.6 Å². The van der Waals surface area contributed by atoms with Gasteiger partial charge in [-0.25, -0.2) is 4.90 Å². The molecule has 2 unspecified atom stereocenters. The normalized spacial score (nSPS) is 13.4. The van der Waals surface area contributed by atoms with Gasteiger partial charge in [-0.3, -0.25) is 14.5 Å². The van der Waals surface area contributed by atoms with E-state index in [-0.39, 0.29) is 13.1 Å². The lowest BCUT2D eigenvalue weighted by atomic mass is 10.1. The standard InChI is InChI=1S/C20H24N2O6/c23-17(24)13-21(14-18(25)26)11-12-22(19(27)15-7-3-1-4-8-15)20(28)16-9-5-2-6-10-16/h1-10,19-20,27-28H,11-14H2,(H,23,24)(H,25,26). The summed E-state index contributed by atoms with van der Waals surface area (Å²) in [6, 6.07) is 17.5. The lowest BCUT2D eigenvalue weighted by Crippen LogP contribution is -2.42. The lowest BCUT2D eigenvalue weighted by molar-refractivity contribution is -0.142. The van der Waals surface area contributed by atoms with E-state index in [1.165, 1.54) is 9.80 Å². The van der Waals surface area contributed by atoms with E-state index in [1.54, 1.807) is 60.7 Å². The third-order valence-electron chi connectivity index (χ3n) is 4.22. The molecule has 8 nitrogen and oxygen atoms in total. The Morgan fingerprint density at radius 1 is 0.714 bits per heavy atom. The van der Waals surface area contributed by atoms with Crippen molar-refractivity contribution >= 4 is 11.9 Å². The van der Waals surface area contributed by atoms with Crippen LogP contribution in [0.2, 0.25) is 0 Å². The predicted octanol–water partition coefficient (Wildman–Crippen LogP) is 1.14. The van der Waals surface area contributed by atoms with Crippen LogP contribution in [0.4, 0.5) is 0 Å². The van der Waals surface area contributed by atoms with E-state index in [4.69, 9.17) is 10.2 Å². The highest BCUT2D eigenvalue weighted by Crippen LogP contribution is 2.27. The Morgan fingerprint density at radius 3 is 1.46 bits per heavy atom. The maximum atomic E-state index is 11.0. The van der Waals surface area contributed by atoms with Crippen molar-refractivity contribution < 1.29 is 30.0 Å². The van der Waals surface area contributed by atoms with Crippen molar-refractivity contribution in [3.63, 3.8) is 0 Å². The molecule has 0 heterocycles. The summed E-state index contributed by atoms with van der Waals surface area (Å²) < 4.78 is 0. The first-order chi connectivity index (χ1) is 13.4. The number of nitrogens with zero attached hydrogens (tertiary/aromatic N) is 2. The van der Waals surface area contributed by atoms with Gasteiger partial charge in [-0.2, -0.15) is 0 Å². The number of aliphatic hydroxyl groups excluding tert-OH is 2. The molecule has 0 aromatic heterocycles. The van der Waals surface area contributed by atoms with Crippen molar-refractivity contribution in [3.05, 3.63) is 71.8 Å². The molecule has 2 aromatic carbocycles. The van der Waals surface area contributed by atoms with Crippen LogP contribution in [-0.2, 0) is 9.59 Å². The number of aliphatic hydroxyl groups is 2. The van der Waals surface area contributed by atoms with Crippen LogP contribution < -0.4 is 0 Å². The summed E-state index contributed by atoms with van der Waals surface area (Å²) in [4.78, 5) is 24.6. The minimum atomic E-state index is -1.16. The van der Waals surface area contributed by atoms with Crippen molar-refractivity contribution in [2.75, 3.05) is 26.2 Å². The molecule has 150 valence electrons. The average Bonchev–Trinajstić information content (AvgIpc) is 2.68. The van der Waals surface area contributed by atoms with Crippen LogP contribution in [0.25, 0.3) is 0 Å². The van der Waals surface area contributed by atoms with E-state index in [1.807, 2.05) is 0 Å². The van der Waals surface area contributed by atoms with Gasteiger partial charge in [0.25, 0.3) is 0 Å². The number of carbonyl (C=O) groups is 2. The van der Waals surface area contributed by atoms with E-state index >= 15 is 0 Å². The molecule has 0 aliphatic rings. The summed E-state index contributed by atoms with van der Waals surface area (Å²) in [6.07, 6.45) is -2.32. The molecule has 0 spiro atoms. The van der Waals surface area contributed by atoms with Crippen molar-refractivity contribution in [2.24, 2.45) is 0 Å². The van der Waals surface area contributed by atoms with Gasteiger partial charge >= 0.3 is 11.9 Å². The summed E-state index contributed by atoms with van der Waals surface area (Å²) >= 11 is 0. The topological polar surface area (TPSA) is 122 Å². The third kappa shape index (κ3) is 6.43. The van der Waals surface area contributed by atoms with E-state index in [0.29, 0.717) is 11.1 Å². The van der Waals surface area contributed by atoms with Gasteiger partial charge in [0.05, 0.1) is 13.1 Å². The number of hydrogen-bond donors (Lipinski definition) is 4. The molecule has 28 heavy (non-hydrogen) atoms. The van der Waals surface area contributed by atoms with Crippen molar-refractivity contribution in [1.82, 2.24) is 9.80 Å². The van der Waals surface area contributed by atoms with Crippen LogP contribution in [0.5, 0.6) is 0 Å². The quantitative estimate of drug-likeness (QED) is 0.423. The van der Waals surface area contributed by atoms with E-state index in [0.717, 1.165) is 0 Å². The summed E-state index contributed by atoms with van der Waals surface area (Å²) in [7, 11) is 0. The zero-order valence-electron chi connectivity index (χ0n) is 15.3. The molecule has 2 aromatic rings. The summed E-state index contributed by atoms with van der Waals surface area (Å²) in [5, 5.41) is 39.6. The molecule has 4 N–H and O–H groups in total. The fraction of sp³-hybridized carbons (Fsp3) is 0.300. The van der Waals surface area contributed by atoms with Crippen LogP contribution in [-0.4, -0.2) is 68.3 Å². The second-order valence-electron chi connectivity index (χ2n) is 6.30. The van der Waals surface area contributed by atoms with Crippen LogP contribution in [0, 0.1) is 0 Å². The zero-order chi connectivity index (χ0) is 20.5. The highest BCUT2D eigenvalue weighted by Gasteiger charge is 2.27. The summed E-state index contributed by atoms with van der Waals surface area (Å²) in [5.41, 5.74) is 1.11. The Bertz CT molecular complexity index is 694. The van der Waals surface area contributed by atoms with Gasteiger partial charge in [-0.05, 0) is 11.1 Å². The van der Waals surface area contributed by atoms with Gasteiger partial charge in [0.1, 0.15) is 12.5 Å². The molecule has 0 aliphatic carbocycles. The molecule has 0 aliphatic heterocycles. The van der Waals surface area contributed by atoms with Gasteiger partial charge in [-0.1, -0.05) is 60.7 Å². The Hall–Kier alpha value is -2.78. The Labute approximate surface area is 162 Å². The fourth-order valence-corrected chi connectivity index (χ4v) is 2.87. The number of benzene rings is 2. The number of carboxylic acids is 2. The smallest absolute Gasteiger partial charge is 0.317 e. The first-order valence-corrected chi connectivity index (χ1v) is 8.76. The Morgan fingerprint density at radius 2 is 1.11 bits per heavy atom. The molecule has 0 bridgehead atoms. The maximum absolute atomic E-state index is 11.0. The zero-order valence-corrected chi connectivity index (χ0v) is 15.3. The molecule has 2 rings (SSSR count). The molecule has 2 atom stereocenters. The number of aliphatic carboxylic acids is 2. The number of rotatable bonds is 11. The molecular formula is C20H24N2O6. The van der Waals surface area contributed by atoms with E-state index in [9.17, 15) is 19.8 Å². The Kier molecular flexibility index (Phi) is 8.09.